The molecule has 3 heterocycles. The summed E-state index contributed by atoms with van der Waals surface area (Å²) in [5, 5.41) is 5.97. The second-order valence-electron chi connectivity index (χ2n) is 11.3. The van der Waals surface area contributed by atoms with Crippen LogP contribution in [0.5, 0.6) is 17.2 Å². The summed E-state index contributed by atoms with van der Waals surface area (Å²) in [5.41, 5.74) is 0.844. The van der Waals surface area contributed by atoms with E-state index in [2.05, 4.69) is 21.6 Å². The standard InChI is InChI=1S/C31H41N3O7S/c35-29(10-22-42(37,38)25-8-9-27-28(23-25)41-21-20-40-27)32-14-18-34-16-12-31(13-17-34)11-4-3-6-24-5-1-2-7-26(24)39-19-15-33-30(31)36/h1-2,5,7-9,23H,3-4,6,10-22H2,(H,32,35)(H,33,36). The second-order valence-corrected chi connectivity index (χ2v) is 13.4. The third-order valence-electron chi connectivity index (χ3n) is 8.48. The molecule has 0 aliphatic carbocycles. The number of ether oxygens (including phenoxy) is 3. The first-order valence-corrected chi connectivity index (χ1v) is 16.6. The Bertz CT molecular complexity index is 1360. The fraction of sp³-hybridized carbons (Fsp3) is 0.548. The molecule has 1 saturated heterocycles. The lowest BCUT2D eigenvalue weighted by Crippen LogP contribution is -2.50. The Kier molecular flexibility index (Phi) is 9.89. The van der Waals surface area contributed by atoms with Gasteiger partial charge in [-0.05, 0) is 69.0 Å². The van der Waals surface area contributed by atoms with Crippen LogP contribution in [0.3, 0.4) is 0 Å². The maximum Gasteiger partial charge on any atom is 0.226 e. The average Bonchev–Trinajstić information content (AvgIpc) is 3.01. The SMILES string of the molecule is O=C(CCS(=O)(=O)c1ccc2c(c1)OCCO2)NCCN1CCC2(CCCCc3ccccc3OCCNC2=O)CC1. The first kappa shape index (κ1) is 30.2. The van der Waals surface area contributed by atoms with Crippen molar-refractivity contribution in [1.29, 1.82) is 0 Å². The van der Waals surface area contributed by atoms with Crippen LogP contribution in [0.4, 0.5) is 0 Å². The van der Waals surface area contributed by atoms with E-state index in [9.17, 15) is 18.0 Å². The zero-order valence-corrected chi connectivity index (χ0v) is 24.9. The van der Waals surface area contributed by atoms with E-state index in [4.69, 9.17) is 14.2 Å². The highest BCUT2D eigenvalue weighted by molar-refractivity contribution is 7.91. The highest BCUT2D eigenvalue weighted by Gasteiger charge is 2.40. The van der Waals surface area contributed by atoms with Crippen molar-refractivity contribution in [3.05, 3.63) is 48.0 Å². The molecule has 1 fully saturated rings. The number of nitrogens with one attached hydrogen (secondary N) is 2. The van der Waals surface area contributed by atoms with Crippen LogP contribution < -0.4 is 24.8 Å². The van der Waals surface area contributed by atoms with E-state index in [-0.39, 0.29) is 34.3 Å². The summed E-state index contributed by atoms with van der Waals surface area (Å²) in [6.07, 6.45) is 5.23. The predicted molar refractivity (Wildman–Crippen MR) is 158 cm³/mol. The Morgan fingerprint density at radius 3 is 2.52 bits per heavy atom. The second kappa shape index (κ2) is 13.8. The Morgan fingerprint density at radius 2 is 1.69 bits per heavy atom. The molecule has 42 heavy (non-hydrogen) atoms. The molecule has 3 aliphatic rings. The highest BCUT2D eigenvalue weighted by atomic mass is 32.2. The van der Waals surface area contributed by atoms with Crippen molar-refractivity contribution < 1.29 is 32.2 Å². The number of carbonyl (C=O) groups is 2. The van der Waals surface area contributed by atoms with Crippen molar-refractivity contribution in [2.24, 2.45) is 5.41 Å². The topological polar surface area (TPSA) is 123 Å². The third-order valence-corrected chi connectivity index (χ3v) is 10.2. The first-order chi connectivity index (χ1) is 20.3. The molecule has 0 saturated carbocycles. The van der Waals surface area contributed by atoms with E-state index in [0.29, 0.717) is 51.0 Å². The maximum absolute atomic E-state index is 13.3. The van der Waals surface area contributed by atoms with Crippen molar-refractivity contribution in [3.8, 4) is 17.2 Å². The Balaban J connectivity index is 1.05. The summed E-state index contributed by atoms with van der Waals surface area (Å²) in [7, 11) is -3.64. The highest BCUT2D eigenvalue weighted by Crippen LogP contribution is 2.38. The molecule has 0 aromatic heterocycles. The zero-order valence-electron chi connectivity index (χ0n) is 24.1. The first-order valence-electron chi connectivity index (χ1n) is 15.0. The largest absolute Gasteiger partial charge is 0.491 e. The number of nitrogens with zero attached hydrogens (tertiary/aromatic N) is 1. The van der Waals surface area contributed by atoms with Crippen LogP contribution in [-0.2, 0) is 25.8 Å². The van der Waals surface area contributed by atoms with Gasteiger partial charge in [-0.3, -0.25) is 9.59 Å². The normalized spacial score (nSPS) is 19.4. The van der Waals surface area contributed by atoms with Gasteiger partial charge in [0.15, 0.2) is 21.3 Å². The number of rotatable bonds is 7. The lowest BCUT2D eigenvalue weighted by Gasteiger charge is -2.41. The molecule has 0 bridgehead atoms. The third kappa shape index (κ3) is 7.55. The van der Waals surface area contributed by atoms with Gasteiger partial charge in [-0.15, -0.1) is 0 Å². The molecule has 228 valence electrons. The molecule has 0 radical (unpaired) electrons. The van der Waals surface area contributed by atoms with Crippen LogP contribution in [0.2, 0.25) is 0 Å². The van der Waals surface area contributed by atoms with Gasteiger partial charge < -0.3 is 29.7 Å². The summed E-state index contributed by atoms with van der Waals surface area (Å²) in [6.45, 7) is 4.37. The van der Waals surface area contributed by atoms with Crippen LogP contribution in [-0.4, -0.2) is 83.4 Å². The van der Waals surface area contributed by atoms with Crippen molar-refractivity contribution >= 4 is 21.7 Å². The van der Waals surface area contributed by atoms with Crippen molar-refractivity contribution in [2.75, 3.05) is 58.3 Å². The van der Waals surface area contributed by atoms with Gasteiger partial charge in [0, 0.05) is 25.6 Å². The minimum absolute atomic E-state index is 0.117. The molecule has 2 amide bonds. The Hall–Kier alpha value is -3.31. The van der Waals surface area contributed by atoms with Gasteiger partial charge in [-0.25, -0.2) is 8.42 Å². The summed E-state index contributed by atoms with van der Waals surface area (Å²) in [6, 6.07) is 12.7. The van der Waals surface area contributed by atoms with Crippen molar-refractivity contribution in [2.45, 2.75) is 49.8 Å². The number of piperidine rings is 1. The van der Waals surface area contributed by atoms with E-state index in [1.165, 1.54) is 17.7 Å². The van der Waals surface area contributed by atoms with Crippen LogP contribution in [0.1, 0.15) is 44.1 Å². The lowest BCUT2D eigenvalue weighted by molar-refractivity contribution is -0.134. The number of sulfone groups is 1. The number of carbonyl (C=O) groups excluding carboxylic acids is 2. The number of benzene rings is 2. The minimum Gasteiger partial charge on any atom is -0.491 e. The summed E-state index contributed by atoms with van der Waals surface area (Å²) >= 11 is 0. The number of fused-ring (bicyclic) bond motifs is 2. The molecule has 3 aliphatic heterocycles. The number of likely N-dealkylation sites (tertiary alicyclic amines) is 1. The fourth-order valence-electron chi connectivity index (χ4n) is 5.94. The number of para-hydroxylation sites is 1. The number of aryl methyl sites for hydroxylation is 1. The van der Waals surface area contributed by atoms with Gasteiger partial charge in [0.25, 0.3) is 0 Å². The van der Waals surface area contributed by atoms with Gasteiger partial charge in [-0.2, -0.15) is 0 Å². The van der Waals surface area contributed by atoms with Crippen molar-refractivity contribution in [1.82, 2.24) is 15.5 Å². The fourth-order valence-corrected chi connectivity index (χ4v) is 7.19. The van der Waals surface area contributed by atoms with E-state index < -0.39 is 9.84 Å². The van der Waals surface area contributed by atoms with E-state index in [0.717, 1.165) is 57.4 Å². The molecular formula is C31H41N3O7S. The molecule has 2 aromatic rings. The number of hydrogen-bond acceptors (Lipinski definition) is 8. The summed E-state index contributed by atoms with van der Waals surface area (Å²) < 4.78 is 42.4. The van der Waals surface area contributed by atoms with Crippen LogP contribution in [0.25, 0.3) is 0 Å². The molecule has 10 nitrogen and oxygen atoms in total. The van der Waals surface area contributed by atoms with Crippen LogP contribution in [0, 0.1) is 5.41 Å². The van der Waals surface area contributed by atoms with Crippen LogP contribution in [0.15, 0.2) is 47.4 Å². The molecule has 11 heteroatoms. The van der Waals surface area contributed by atoms with Gasteiger partial charge in [0.2, 0.25) is 11.8 Å². The molecule has 1 spiro atoms. The molecule has 5 rings (SSSR count). The molecule has 0 atom stereocenters. The van der Waals surface area contributed by atoms with Crippen LogP contribution >= 0.6 is 0 Å². The van der Waals surface area contributed by atoms with Crippen molar-refractivity contribution in [3.63, 3.8) is 0 Å². The van der Waals surface area contributed by atoms with E-state index >= 15 is 0 Å². The number of hydrogen-bond donors (Lipinski definition) is 2. The quantitative estimate of drug-likeness (QED) is 0.498. The van der Waals surface area contributed by atoms with Gasteiger partial charge in [0.05, 0.1) is 22.6 Å². The smallest absolute Gasteiger partial charge is 0.226 e. The lowest BCUT2D eigenvalue weighted by atomic mass is 9.73. The van der Waals surface area contributed by atoms with E-state index in [1.807, 2.05) is 18.2 Å². The number of amides is 2. The predicted octanol–water partition coefficient (Wildman–Crippen LogP) is 2.74. The molecule has 2 aromatic carbocycles. The minimum atomic E-state index is -3.64. The van der Waals surface area contributed by atoms with Gasteiger partial charge in [-0.1, -0.05) is 24.6 Å². The van der Waals surface area contributed by atoms with E-state index in [1.54, 1.807) is 6.07 Å². The average molecular weight is 600 g/mol. The van der Waals surface area contributed by atoms with Gasteiger partial charge >= 0.3 is 0 Å². The molecule has 2 N–H and O–H groups in total. The summed E-state index contributed by atoms with van der Waals surface area (Å²) in [4.78, 5) is 28.1. The zero-order chi connectivity index (χ0) is 29.4. The molecular weight excluding hydrogens is 558 g/mol. The Morgan fingerprint density at radius 1 is 0.929 bits per heavy atom. The maximum atomic E-state index is 13.3. The summed E-state index contributed by atoms with van der Waals surface area (Å²) in [5.74, 6) is 1.37. The van der Waals surface area contributed by atoms with Gasteiger partial charge in [0.1, 0.15) is 25.6 Å². The Labute approximate surface area is 248 Å². The monoisotopic (exact) mass is 599 g/mol. The molecule has 0 unspecified atom stereocenters.